The minimum atomic E-state index is -3.16. The van der Waals surface area contributed by atoms with Crippen molar-refractivity contribution < 1.29 is 8.42 Å². The maximum Gasteiger partial charge on any atom is 0.179 e. The molecule has 3 nitrogen and oxygen atoms in total. The fraction of sp³-hybridized carbons (Fsp3) is 0.455. The van der Waals surface area contributed by atoms with Gasteiger partial charge in [0.2, 0.25) is 0 Å². The third-order valence-electron chi connectivity index (χ3n) is 2.82. The lowest BCUT2D eigenvalue weighted by molar-refractivity contribution is 0.596. The van der Waals surface area contributed by atoms with Crippen LogP contribution in [0.3, 0.4) is 0 Å². The van der Waals surface area contributed by atoms with Gasteiger partial charge in [0.1, 0.15) is 0 Å². The van der Waals surface area contributed by atoms with E-state index >= 15 is 0 Å². The van der Waals surface area contributed by atoms with E-state index in [1.807, 2.05) is 12.1 Å². The summed E-state index contributed by atoms with van der Waals surface area (Å²) in [6.07, 6.45) is 3.21. The van der Waals surface area contributed by atoms with Gasteiger partial charge in [-0.1, -0.05) is 6.07 Å². The van der Waals surface area contributed by atoms with Gasteiger partial charge in [-0.2, -0.15) is 0 Å². The number of aryl methyl sites for hydroxylation is 2. The molecular weight excluding hydrogens is 210 g/mol. The average Bonchev–Trinajstić information content (AvgIpc) is 2.63. The molecule has 0 amide bonds. The molecule has 0 saturated carbocycles. The summed E-state index contributed by atoms with van der Waals surface area (Å²) in [5.74, 6) is 0.0335. The Morgan fingerprint density at radius 1 is 1.20 bits per heavy atom. The number of hydrogen-bond donors (Lipinski definition) is 1. The monoisotopic (exact) mass is 225 g/mol. The van der Waals surface area contributed by atoms with Gasteiger partial charge in [0.05, 0.1) is 10.6 Å². The maximum absolute atomic E-state index is 11.8. The molecule has 1 aliphatic rings. The summed E-state index contributed by atoms with van der Waals surface area (Å²) in [6, 6.07) is 5.45. The lowest BCUT2D eigenvalue weighted by atomic mass is 10.1. The molecule has 0 aromatic heterocycles. The minimum absolute atomic E-state index is 0.0335. The molecule has 0 radical (unpaired) electrons. The van der Waals surface area contributed by atoms with E-state index in [9.17, 15) is 8.42 Å². The van der Waals surface area contributed by atoms with Crippen LogP contribution in [0.1, 0.15) is 17.5 Å². The second-order valence-corrected chi connectivity index (χ2v) is 6.00. The van der Waals surface area contributed by atoms with Gasteiger partial charge < -0.3 is 5.73 Å². The van der Waals surface area contributed by atoms with E-state index in [1.54, 1.807) is 6.07 Å². The summed E-state index contributed by atoms with van der Waals surface area (Å²) >= 11 is 0. The molecule has 2 N–H and O–H groups in total. The van der Waals surface area contributed by atoms with Gasteiger partial charge in [-0.3, -0.25) is 0 Å². The van der Waals surface area contributed by atoms with Gasteiger partial charge in [-0.05, 0) is 42.5 Å². The Labute approximate surface area is 90.2 Å². The van der Waals surface area contributed by atoms with Crippen LogP contribution < -0.4 is 5.73 Å². The van der Waals surface area contributed by atoms with Crippen LogP contribution in [0.4, 0.5) is 0 Å². The zero-order valence-corrected chi connectivity index (χ0v) is 9.39. The van der Waals surface area contributed by atoms with E-state index in [0.29, 0.717) is 4.90 Å². The molecule has 0 fully saturated rings. The number of sulfone groups is 1. The first-order chi connectivity index (χ1) is 7.13. The van der Waals surface area contributed by atoms with Crippen LogP contribution >= 0.6 is 0 Å². The first-order valence-electron chi connectivity index (χ1n) is 5.18. The molecule has 15 heavy (non-hydrogen) atoms. The van der Waals surface area contributed by atoms with Crippen LogP contribution in [-0.2, 0) is 22.7 Å². The smallest absolute Gasteiger partial charge is 0.179 e. The van der Waals surface area contributed by atoms with Crippen LogP contribution in [0.15, 0.2) is 23.1 Å². The Hall–Kier alpha value is -0.870. The fourth-order valence-electron chi connectivity index (χ4n) is 2.01. The van der Waals surface area contributed by atoms with E-state index < -0.39 is 9.84 Å². The second kappa shape index (κ2) is 3.94. The molecule has 0 heterocycles. The molecule has 2 rings (SSSR count). The standard InChI is InChI=1S/C11H15NO2S/c12-6-7-15(13,14)11-5-4-9-2-1-3-10(9)8-11/h4-5,8H,1-3,6-7,12H2. The molecule has 82 valence electrons. The van der Waals surface area contributed by atoms with Gasteiger partial charge in [0.15, 0.2) is 9.84 Å². The third-order valence-corrected chi connectivity index (χ3v) is 4.56. The molecule has 1 aliphatic carbocycles. The molecule has 1 aromatic rings. The van der Waals surface area contributed by atoms with Crippen molar-refractivity contribution in [3.63, 3.8) is 0 Å². The normalized spacial score (nSPS) is 15.3. The van der Waals surface area contributed by atoms with Crippen molar-refractivity contribution in [1.82, 2.24) is 0 Å². The highest BCUT2D eigenvalue weighted by atomic mass is 32.2. The highest BCUT2D eigenvalue weighted by Crippen LogP contribution is 2.24. The minimum Gasteiger partial charge on any atom is -0.329 e. The van der Waals surface area contributed by atoms with Gasteiger partial charge >= 0.3 is 0 Å². The lowest BCUT2D eigenvalue weighted by Gasteiger charge is -2.05. The summed E-state index contributed by atoms with van der Waals surface area (Å²) in [5, 5.41) is 0. The second-order valence-electron chi connectivity index (χ2n) is 3.89. The van der Waals surface area contributed by atoms with Crippen LogP contribution in [0.5, 0.6) is 0 Å². The Morgan fingerprint density at radius 2 is 1.93 bits per heavy atom. The molecule has 4 heteroatoms. The Balaban J connectivity index is 2.38. The summed E-state index contributed by atoms with van der Waals surface area (Å²) in [6.45, 7) is 0.180. The molecular formula is C11H15NO2S. The molecule has 0 saturated heterocycles. The van der Waals surface area contributed by atoms with Crippen molar-refractivity contribution >= 4 is 9.84 Å². The summed E-state index contributed by atoms with van der Waals surface area (Å²) in [4.78, 5) is 0.425. The number of hydrogen-bond acceptors (Lipinski definition) is 3. The van der Waals surface area contributed by atoms with Crippen molar-refractivity contribution in [3.8, 4) is 0 Å². The van der Waals surface area contributed by atoms with E-state index in [1.165, 1.54) is 11.1 Å². The number of benzene rings is 1. The first-order valence-corrected chi connectivity index (χ1v) is 6.83. The largest absolute Gasteiger partial charge is 0.329 e. The molecule has 0 aliphatic heterocycles. The average molecular weight is 225 g/mol. The van der Waals surface area contributed by atoms with Gasteiger partial charge in [0, 0.05) is 6.54 Å². The molecule has 0 atom stereocenters. The number of nitrogens with two attached hydrogens (primary N) is 1. The van der Waals surface area contributed by atoms with Crippen molar-refractivity contribution in [1.29, 1.82) is 0 Å². The van der Waals surface area contributed by atoms with Crippen LogP contribution in [-0.4, -0.2) is 20.7 Å². The van der Waals surface area contributed by atoms with E-state index in [-0.39, 0.29) is 12.3 Å². The number of rotatable bonds is 3. The molecule has 0 bridgehead atoms. The summed E-state index contributed by atoms with van der Waals surface area (Å²) < 4.78 is 23.5. The fourth-order valence-corrected chi connectivity index (χ4v) is 3.16. The van der Waals surface area contributed by atoms with Gasteiger partial charge in [-0.25, -0.2) is 8.42 Å². The summed E-state index contributed by atoms with van der Waals surface area (Å²) in [5.41, 5.74) is 7.77. The third kappa shape index (κ3) is 2.06. The van der Waals surface area contributed by atoms with E-state index in [0.717, 1.165) is 19.3 Å². The SMILES string of the molecule is NCCS(=O)(=O)c1ccc2c(c1)CCC2. The zero-order chi connectivity index (χ0) is 10.9. The van der Waals surface area contributed by atoms with Gasteiger partial charge in [0.25, 0.3) is 0 Å². The topological polar surface area (TPSA) is 60.2 Å². The highest BCUT2D eigenvalue weighted by Gasteiger charge is 2.17. The molecule has 0 unspecified atom stereocenters. The van der Waals surface area contributed by atoms with Gasteiger partial charge in [-0.15, -0.1) is 0 Å². The van der Waals surface area contributed by atoms with Crippen LogP contribution in [0, 0.1) is 0 Å². The zero-order valence-electron chi connectivity index (χ0n) is 8.57. The lowest BCUT2D eigenvalue weighted by Crippen LogP contribution is -2.15. The quantitative estimate of drug-likeness (QED) is 0.831. The van der Waals surface area contributed by atoms with E-state index in [4.69, 9.17) is 5.73 Å². The molecule has 0 spiro atoms. The maximum atomic E-state index is 11.8. The Bertz CT molecular complexity index is 465. The van der Waals surface area contributed by atoms with Crippen molar-refractivity contribution in [2.75, 3.05) is 12.3 Å². The predicted octanol–water partition coefficient (Wildman–Crippen LogP) is 0.908. The number of fused-ring (bicyclic) bond motifs is 1. The Kier molecular flexibility index (Phi) is 2.80. The van der Waals surface area contributed by atoms with Crippen molar-refractivity contribution in [2.24, 2.45) is 5.73 Å². The van der Waals surface area contributed by atoms with Crippen molar-refractivity contribution in [2.45, 2.75) is 24.2 Å². The summed E-state index contributed by atoms with van der Waals surface area (Å²) in [7, 11) is -3.16. The van der Waals surface area contributed by atoms with Crippen molar-refractivity contribution in [3.05, 3.63) is 29.3 Å². The van der Waals surface area contributed by atoms with Crippen LogP contribution in [0.25, 0.3) is 0 Å². The molecule has 1 aromatic carbocycles. The predicted molar refractivity (Wildman–Crippen MR) is 59.6 cm³/mol. The highest BCUT2D eigenvalue weighted by molar-refractivity contribution is 7.91. The van der Waals surface area contributed by atoms with E-state index in [2.05, 4.69) is 0 Å². The first kappa shape index (κ1) is 10.6. The Morgan fingerprint density at radius 3 is 2.67 bits per heavy atom. The van der Waals surface area contributed by atoms with Crippen LogP contribution in [0.2, 0.25) is 0 Å².